The highest BCUT2D eigenvalue weighted by Gasteiger charge is 2.26. The van der Waals surface area contributed by atoms with Crippen LogP contribution in [0.2, 0.25) is 0 Å². The van der Waals surface area contributed by atoms with Crippen molar-refractivity contribution in [1.82, 2.24) is 4.98 Å². The number of hydrogen-bond acceptors (Lipinski definition) is 5. The molecule has 3 aromatic rings. The average molecular weight is 486 g/mol. The smallest absolute Gasteiger partial charge is 0.314 e. The summed E-state index contributed by atoms with van der Waals surface area (Å²) in [6, 6.07) is 17.6. The van der Waals surface area contributed by atoms with Gasteiger partial charge in [0.25, 0.3) is 0 Å². The number of halogens is 1. The van der Waals surface area contributed by atoms with Crippen molar-refractivity contribution in [3.8, 4) is 0 Å². The van der Waals surface area contributed by atoms with Crippen molar-refractivity contribution in [3.05, 3.63) is 70.3 Å². The zero-order valence-electron chi connectivity index (χ0n) is 17.3. The number of thioether (sulfide) groups is 1. The molecule has 6 heteroatoms. The van der Waals surface area contributed by atoms with Gasteiger partial charge in [-0.2, -0.15) is 0 Å². The molecule has 0 amide bonds. The molecule has 0 aliphatic heterocycles. The molecule has 0 bridgehead atoms. The van der Waals surface area contributed by atoms with Gasteiger partial charge in [0.1, 0.15) is 17.7 Å². The third kappa shape index (κ3) is 5.92. The van der Waals surface area contributed by atoms with Crippen LogP contribution in [0.3, 0.4) is 0 Å². The van der Waals surface area contributed by atoms with Crippen LogP contribution in [0.25, 0.3) is 10.9 Å². The van der Waals surface area contributed by atoms with Crippen LogP contribution in [0.4, 0.5) is 0 Å². The highest BCUT2D eigenvalue weighted by atomic mass is 79.9. The minimum Gasteiger partial charge on any atom is -0.459 e. The van der Waals surface area contributed by atoms with Crippen molar-refractivity contribution in [2.75, 3.05) is 5.75 Å². The largest absolute Gasteiger partial charge is 0.459 e. The molecular formula is C24H24BrNO3S. The van der Waals surface area contributed by atoms with Crippen LogP contribution in [-0.2, 0) is 16.0 Å². The Kier molecular flexibility index (Phi) is 7.32. The van der Waals surface area contributed by atoms with E-state index in [0.29, 0.717) is 17.6 Å². The topological polar surface area (TPSA) is 56.3 Å². The lowest BCUT2D eigenvalue weighted by molar-refractivity contribution is -0.155. The Morgan fingerprint density at radius 1 is 1.10 bits per heavy atom. The molecule has 0 unspecified atom stereocenters. The minimum absolute atomic E-state index is 0.324. The quantitative estimate of drug-likeness (QED) is 0.163. The van der Waals surface area contributed by atoms with E-state index in [1.165, 1.54) is 0 Å². The number of hydrogen-bond donors (Lipinski definition) is 0. The predicted molar refractivity (Wildman–Crippen MR) is 125 cm³/mol. The Balaban J connectivity index is 1.76. The molecule has 0 aliphatic carbocycles. The first kappa shape index (κ1) is 22.5. The molecule has 0 spiro atoms. The van der Waals surface area contributed by atoms with Crippen LogP contribution >= 0.6 is 27.7 Å². The molecule has 2 aromatic carbocycles. The number of carbonyl (C=O) groups is 2. The Labute approximate surface area is 189 Å². The summed E-state index contributed by atoms with van der Waals surface area (Å²) in [6.07, 6.45) is 0.245. The van der Waals surface area contributed by atoms with Gasteiger partial charge < -0.3 is 4.74 Å². The van der Waals surface area contributed by atoms with Gasteiger partial charge in [0.15, 0.2) is 5.78 Å². The van der Waals surface area contributed by atoms with Crippen molar-refractivity contribution >= 4 is 50.3 Å². The fourth-order valence-electron chi connectivity index (χ4n) is 3.27. The number of ketones is 1. The van der Waals surface area contributed by atoms with Gasteiger partial charge in [-0.3, -0.25) is 9.59 Å². The SMILES string of the molecule is CCSc1cc2ccc(Br)cc2nc1C(=O)CC(=O)OC(C)(C)Cc1ccccc1. The van der Waals surface area contributed by atoms with E-state index in [1.807, 2.05) is 75.4 Å². The number of nitrogens with zero attached hydrogens (tertiary/aromatic N) is 1. The van der Waals surface area contributed by atoms with Gasteiger partial charge in [-0.15, -0.1) is 11.8 Å². The zero-order valence-corrected chi connectivity index (χ0v) is 19.7. The maximum atomic E-state index is 12.9. The van der Waals surface area contributed by atoms with Gasteiger partial charge in [-0.25, -0.2) is 4.98 Å². The number of fused-ring (bicyclic) bond motifs is 1. The van der Waals surface area contributed by atoms with Crippen LogP contribution in [0.15, 0.2) is 64.0 Å². The van der Waals surface area contributed by atoms with Crippen molar-refractivity contribution in [1.29, 1.82) is 0 Å². The summed E-state index contributed by atoms with van der Waals surface area (Å²) in [7, 11) is 0. The Morgan fingerprint density at radius 2 is 1.83 bits per heavy atom. The van der Waals surface area contributed by atoms with Crippen LogP contribution < -0.4 is 0 Å². The molecule has 0 saturated heterocycles. The summed E-state index contributed by atoms with van der Waals surface area (Å²) in [6.45, 7) is 5.73. The minimum atomic E-state index is -0.707. The second-order valence-corrected chi connectivity index (χ2v) is 9.82. The van der Waals surface area contributed by atoms with Crippen LogP contribution in [-0.4, -0.2) is 28.1 Å². The lowest BCUT2D eigenvalue weighted by atomic mass is 9.98. The van der Waals surface area contributed by atoms with E-state index in [9.17, 15) is 9.59 Å². The molecule has 156 valence electrons. The van der Waals surface area contributed by atoms with Gasteiger partial charge in [0.05, 0.1) is 5.52 Å². The Morgan fingerprint density at radius 3 is 2.53 bits per heavy atom. The molecule has 3 rings (SSSR count). The number of pyridine rings is 1. The summed E-state index contributed by atoms with van der Waals surface area (Å²) in [5, 5.41) is 0.956. The number of ether oxygens (including phenoxy) is 1. The van der Waals surface area contributed by atoms with E-state index in [2.05, 4.69) is 20.9 Å². The molecule has 0 radical (unpaired) electrons. The molecule has 0 aliphatic rings. The summed E-state index contributed by atoms with van der Waals surface area (Å²) in [5.41, 5.74) is 1.41. The van der Waals surface area contributed by atoms with E-state index in [-0.39, 0.29) is 12.2 Å². The number of esters is 1. The lowest BCUT2D eigenvalue weighted by Gasteiger charge is -2.25. The predicted octanol–water partition coefficient (Wildman–Crippen LogP) is 6.25. The van der Waals surface area contributed by atoms with Crippen molar-refractivity contribution in [2.24, 2.45) is 0 Å². The number of carbonyl (C=O) groups excluding carboxylic acids is 2. The molecule has 1 heterocycles. The Hall–Kier alpha value is -2.18. The summed E-state index contributed by atoms with van der Waals surface area (Å²) < 4.78 is 6.53. The van der Waals surface area contributed by atoms with Gasteiger partial charge in [0.2, 0.25) is 0 Å². The third-order valence-corrected chi connectivity index (χ3v) is 5.88. The normalized spacial score (nSPS) is 11.5. The van der Waals surface area contributed by atoms with Crippen LogP contribution in [0.1, 0.15) is 43.2 Å². The highest BCUT2D eigenvalue weighted by molar-refractivity contribution is 9.10. The van der Waals surface area contributed by atoms with Gasteiger partial charge in [-0.1, -0.05) is 59.3 Å². The van der Waals surface area contributed by atoms with Crippen LogP contribution in [0, 0.1) is 0 Å². The molecule has 0 fully saturated rings. The number of benzene rings is 2. The number of rotatable bonds is 8. The molecular weight excluding hydrogens is 462 g/mol. The number of Topliss-reactive ketones (excluding diaryl/α,β-unsaturated/α-hetero) is 1. The van der Waals surface area contributed by atoms with Crippen LogP contribution in [0.5, 0.6) is 0 Å². The molecule has 1 aromatic heterocycles. The second-order valence-electron chi connectivity index (χ2n) is 7.60. The second kappa shape index (κ2) is 9.75. The van der Waals surface area contributed by atoms with E-state index in [0.717, 1.165) is 26.1 Å². The maximum Gasteiger partial charge on any atom is 0.314 e. The third-order valence-electron chi connectivity index (χ3n) is 4.48. The summed E-state index contributed by atoms with van der Waals surface area (Å²) in [5.74, 6) is -0.0590. The number of aromatic nitrogens is 1. The molecule has 0 saturated carbocycles. The first-order valence-electron chi connectivity index (χ1n) is 9.79. The van der Waals surface area contributed by atoms with Gasteiger partial charge in [0, 0.05) is 21.2 Å². The fraction of sp³-hybridized carbons (Fsp3) is 0.292. The Bertz CT molecular complexity index is 1070. The van der Waals surface area contributed by atoms with Crippen molar-refractivity contribution in [2.45, 2.75) is 44.1 Å². The van der Waals surface area contributed by atoms with E-state index < -0.39 is 11.6 Å². The molecule has 4 nitrogen and oxygen atoms in total. The highest BCUT2D eigenvalue weighted by Crippen LogP contribution is 2.28. The lowest BCUT2D eigenvalue weighted by Crippen LogP contribution is -2.31. The first-order valence-corrected chi connectivity index (χ1v) is 11.6. The fourth-order valence-corrected chi connectivity index (χ4v) is 4.44. The van der Waals surface area contributed by atoms with Crippen molar-refractivity contribution < 1.29 is 14.3 Å². The summed E-state index contributed by atoms with van der Waals surface area (Å²) >= 11 is 4.98. The average Bonchev–Trinajstić information content (AvgIpc) is 2.67. The molecule has 0 N–H and O–H groups in total. The maximum absolute atomic E-state index is 12.9. The first-order chi connectivity index (χ1) is 14.3. The zero-order chi connectivity index (χ0) is 21.7. The van der Waals surface area contributed by atoms with Gasteiger partial charge in [-0.05, 0) is 43.4 Å². The van der Waals surface area contributed by atoms with Crippen molar-refractivity contribution in [3.63, 3.8) is 0 Å². The molecule has 0 atom stereocenters. The van der Waals surface area contributed by atoms with E-state index >= 15 is 0 Å². The van der Waals surface area contributed by atoms with E-state index in [4.69, 9.17) is 4.74 Å². The monoisotopic (exact) mass is 485 g/mol. The molecule has 30 heavy (non-hydrogen) atoms. The van der Waals surface area contributed by atoms with Gasteiger partial charge >= 0.3 is 5.97 Å². The van der Waals surface area contributed by atoms with E-state index in [1.54, 1.807) is 11.8 Å². The summed E-state index contributed by atoms with van der Waals surface area (Å²) in [4.78, 5) is 30.8. The standard InChI is InChI=1S/C24H24BrNO3S/c1-4-30-21-12-17-10-11-18(25)13-19(17)26-23(21)20(27)14-22(28)29-24(2,3)15-16-8-6-5-7-9-16/h5-13H,4,14-15H2,1-3H3.